The third-order valence-electron chi connectivity index (χ3n) is 2.80. The number of rotatable bonds is 5. The first-order valence-electron chi connectivity index (χ1n) is 6.36. The van der Waals surface area contributed by atoms with Crippen LogP contribution in [-0.4, -0.2) is 15.9 Å². The van der Waals surface area contributed by atoms with E-state index in [0.717, 1.165) is 10.6 Å². The van der Waals surface area contributed by atoms with Crippen LogP contribution in [0.15, 0.2) is 42.0 Å². The molecule has 0 saturated heterocycles. The van der Waals surface area contributed by atoms with Gasteiger partial charge in [0.05, 0.1) is 12.1 Å². The van der Waals surface area contributed by atoms with Crippen LogP contribution in [0, 0.1) is 0 Å². The number of carbonyl (C=O) groups is 1. The topological polar surface area (TPSA) is 66.9 Å². The number of aromatic nitrogens is 2. The van der Waals surface area contributed by atoms with Crippen molar-refractivity contribution in [1.29, 1.82) is 0 Å². The maximum Gasteiger partial charge on any atom is 0.259 e. The van der Waals surface area contributed by atoms with Gasteiger partial charge in [0.15, 0.2) is 9.60 Å². The third kappa shape index (κ3) is 3.62. The highest BCUT2D eigenvalue weighted by Gasteiger charge is 2.12. The molecule has 22 heavy (non-hydrogen) atoms. The van der Waals surface area contributed by atoms with E-state index in [2.05, 4.69) is 20.6 Å². The maximum absolute atomic E-state index is 12.3. The number of para-hydroxylation sites is 1. The molecule has 0 aliphatic carbocycles. The van der Waals surface area contributed by atoms with Crippen molar-refractivity contribution >= 4 is 51.0 Å². The number of anilines is 2. The largest absolute Gasteiger partial charge is 0.379 e. The van der Waals surface area contributed by atoms with E-state index in [1.54, 1.807) is 18.5 Å². The van der Waals surface area contributed by atoms with E-state index in [9.17, 15) is 4.79 Å². The summed E-state index contributed by atoms with van der Waals surface area (Å²) in [7, 11) is 0. The summed E-state index contributed by atoms with van der Waals surface area (Å²) in [6.07, 6.45) is 3.37. The number of amides is 1. The summed E-state index contributed by atoms with van der Waals surface area (Å²) in [5.41, 5.74) is 1.31. The van der Waals surface area contributed by atoms with Crippen molar-refractivity contribution < 1.29 is 4.79 Å². The summed E-state index contributed by atoms with van der Waals surface area (Å²) in [6, 6.07) is 7.33. The van der Waals surface area contributed by atoms with Crippen molar-refractivity contribution in [3.63, 3.8) is 0 Å². The van der Waals surface area contributed by atoms with Crippen LogP contribution in [-0.2, 0) is 6.54 Å². The lowest BCUT2D eigenvalue weighted by Gasteiger charge is -2.10. The fourth-order valence-corrected chi connectivity index (χ4v) is 3.27. The predicted octanol–water partition coefficient (Wildman–Crippen LogP) is 4.12. The second-order valence-electron chi connectivity index (χ2n) is 4.27. The Morgan fingerprint density at radius 2 is 2.14 bits per heavy atom. The average molecular weight is 351 g/mol. The van der Waals surface area contributed by atoms with Crippen LogP contribution < -0.4 is 10.6 Å². The quantitative estimate of drug-likeness (QED) is 0.726. The molecular weight excluding hydrogens is 340 g/mol. The molecule has 112 valence electrons. The fraction of sp³-hybridized carbons (Fsp3) is 0.0714. The number of halogens is 1. The summed E-state index contributed by atoms with van der Waals surface area (Å²) in [4.78, 5) is 21.4. The van der Waals surface area contributed by atoms with Crippen molar-refractivity contribution in [2.75, 3.05) is 10.6 Å². The molecule has 1 amide bonds. The van der Waals surface area contributed by atoms with Gasteiger partial charge in [-0.1, -0.05) is 23.7 Å². The van der Waals surface area contributed by atoms with Crippen LogP contribution in [0.2, 0.25) is 4.47 Å². The fourth-order valence-electron chi connectivity index (χ4n) is 1.83. The Balaban J connectivity index is 1.73. The van der Waals surface area contributed by atoms with Crippen molar-refractivity contribution in [1.82, 2.24) is 9.97 Å². The highest BCUT2D eigenvalue weighted by atomic mass is 35.5. The summed E-state index contributed by atoms with van der Waals surface area (Å²) in [5.74, 6) is -0.194. The first kappa shape index (κ1) is 15.0. The van der Waals surface area contributed by atoms with Crippen LogP contribution in [0.4, 0.5) is 10.8 Å². The first-order chi connectivity index (χ1) is 10.7. The van der Waals surface area contributed by atoms with Gasteiger partial charge >= 0.3 is 0 Å². The van der Waals surface area contributed by atoms with Crippen LogP contribution in [0.25, 0.3) is 0 Å². The van der Waals surface area contributed by atoms with E-state index in [1.165, 1.54) is 22.7 Å². The molecule has 2 heterocycles. The Kier molecular flexibility index (Phi) is 4.67. The van der Waals surface area contributed by atoms with Gasteiger partial charge in [0, 0.05) is 28.3 Å². The van der Waals surface area contributed by atoms with Gasteiger partial charge < -0.3 is 5.32 Å². The van der Waals surface area contributed by atoms with E-state index in [4.69, 9.17) is 11.6 Å². The van der Waals surface area contributed by atoms with Crippen molar-refractivity contribution in [3.05, 3.63) is 56.9 Å². The highest BCUT2D eigenvalue weighted by Crippen LogP contribution is 2.22. The molecule has 5 nitrogen and oxygen atoms in total. The molecule has 0 fully saturated rings. The number of nitrogens with zero attached hydrogens (tertiary/aromatic N) is 2. The molecule has 0 aliphatic rings. The van der Waals surface area contributed by atoms with Crippen LogP contribution in [0.3, 0.4) is 0 Å². The molecule has 0 unspecified atom stereocenters. The van der Waals surface area contributed by atoms with E-state index in [1.807, 2.05) is 23.6 Å². The zero-order valence-electron chi connectivity index (χ0n) is 11.2. The normalized spacial score (nSPS) is 10.4. The first-order valence-corrected chi connectivity index (χ1v) is 8.44. The molecule has 0 spiro atoms. The summed E-state index contributed by atoms with van der Waals surface area (Å²) in [6.45, 7) is 0.561. The van der Waals surface area contributed by atoms with Gasteiger partial charge in [-0.2, -0.15) is 0 Å². The van der Waals surface area contributed by atoms with Crippen LogP contribution in [0.1, 0.15) is 15.2 Å². The van der Waals surface area contributed by atoms with Gasteiger partial charge in [0.1, 0.15) is 0 Å². The van der Waals surface area contributed by atoms with Crippen molar-refractivity contribution in [2.24, 2.45) is 0 Å². The molecule has 3 aromatic rings. The lowest BCUT2D eigenvalue weighted by atomic mass is 10.1. The Morgan fingerprint density at radius 1 is 1.27 bits per heavy atom. The van der Waals surface area contributed by atoms with Crippen LogP contribution >= 0.6 is 34.3 Å². The number of carbonyl (C=O) groups excluding carboxylic acids is 1. The Morgan fingerprint density at radius 3 is 2.86 bits per heavy atom. The molecule has 0 aliphatic heterocycles. The third-order valence-corrected chi connectivity index (χ3v) is 4.61. The number of nitrogens with one attached hydrogen (secondary N) is 2. The van der Waals surface area contributed by atoms with Gasteiger partial charge in [0.25, 0.3) is 5.91 Å². The van der Waals surface area contributed by atoms with Gasteiger partial charge in [-0.05, 0) is 12.1 Å². The molecular formula is C14H11ClN4OS2. The smallest absolute Gasteiger partial charge is 0.259 e. The monoisotopic (exact) mass is 350 g/mol. The SMILES string of the molecule is O=C(Nc1nccs1)c1ccccc1NCc1cnc(Cl)s1. The number of thiazole rings is 2. The molecule has 2 aromatic heterocycles. The second-order valence-corrected chi connectivity index (χ2v) is 6.86. The zero-order chi connectivity index (χ0) is 15.4. The summed E-state index contributed by atoms with van der Waals surface area (Å²) >= 11 is 8.60. The zero-order valence-corrected chi connectivity index (χ0v) is 13.6. The van der Waals surface area contributed by atoms with E-state index in [0.29, 0.717) is 21.7 Å². The second kappa shape index (κ2) is 6.87. The molecule has 1 aromatic carbocycles. The Labute approximate surface area is 140 Å². The van der Waals surface area contributed by atoms with Gasteiger partial charge in [0.2, 0.25) is 0 Å². The van der Waals surface area contributed by atoms with Gasteiger partial charge in [-0.3, -0.25) is 10.1 Å². The highest BCUT2D eigenvalue weighted by molar-refractivity contribution is 7.15. The lowest BCUT2D eigenvalue weighted by molar-refractivity contribution is 0.102. The minimum Gasteiger partial charge on any atom is -0.379 e. The molecule has 0 radical (unpaired) electrons. The Hall–Kier alpha value is -1.96. The average Bonchev–Trinajstić information content (AvgIpc) is 3.17. The minimum atomic E-state index is -0.194. The molecule has 8 heteroatoms. The van der Waals surface area contributed by atoms with Crippen molar-refractivity contribution in [3.8, 4) is 0 Å². The van der Waals surface area contributed by atoms with Crippen LogP contribution in [0.5, 0.6) is 0 Å². The lowest BCUT2D eigenvalue weighted by Crippen LogP contribution is -2.14. The minimum absolute atomic E-state index is 0.194. The summed E-state index contributed by atoms with van der Waals surface area (Å²) in [5, 5.41) is 8.41. The summed E-state index contributed by atoms with van der Waals surface area (Å²) < 4.78 is 0.506. The molecule has 0 atom stereocenters. The Bertz CT molecular complexity index is 773. The number of hydrogen-bond acceptors (Lipinski definition) is 6. The van der Waals surface area contributed by atoms with Gasteiger partial charge in [-0.15, -0.1) is 22.7 Å². The predicted molar refractivity (Wildman–Crippen MR) is 91.0 cm³/mol. The number of hydrogen-bond donors (Lipinski definition) is 2. The molecule has 0 bridgehead atoms. The molecule has 2 N–H and O–H groups in total. The molecule has 3 rings (SSSR count). The standard InChI is InChI=1S/C14H11ClN4OS2/c15-13-18-8-9(22-13)7-17-11-4-2-1-3-10(11)12(20)19-14-16-5-6-21-14/h1-6,8,17H,7H2,(H,16,19,20). The van der Waals surface area contributed by atoms with E-state index in [-0.39, 0.29) is 5.91 Å². The van der Waals surface area contributed by atoms with E-state index >= 15 is 0 Å². The van der Waals surface area contributed by atoms with Crippen molar-refractivity contribution in [2.45, 2.75) is 6.54 Å². The molecule has 0 saturated carbocycles. The maximum atomic E-state index is 12.3. The van der Waals surface area contributed by atoms with E-state index < -0.39 is 0 Å². The number of benzene rings is 1. The van der Waals surface area contributed by atoms with Gasteiger partial charge in [-0.25, -0.2) is 9.97 Å².